The highest BCUT2D eigenvalue weighted by atomic mass is 16.4. The van der Waals surface area contributed by atoms with Crippen LogP contribution >= 0.6 is 0 Å². The molecule has 0 aliphatic carbocycles. The molecule has 4 N–H and O–H groups in total. The van der Waals surface area contributed by atoms with Crippen molar-refractivity contribution >= 4 is 5.97 Å². The number of nitrogens with zero attached hydrogens (tertiary/aromatic N) is 1. The molecule has 6 heteroatoms. The van der Waals surface area contributed by atoms with Crippen LogP contribution in [-0.2, 0) is 4.79 Å². The van der Waals surface area contributed by atoms with Crippen LogP contribution in [0, 0.1) is 0 Å². The molecule has 6 nitrogen and oxygen atoms in total. The highest BCUT2D eigenvalue weighted by Gasteiger charge is 2.27. The van der Waals surface area contributed by atoms with Crippen molar-refractivity contribution in [3.05, 3.63) is 0 Å². The monoisotopic (exact) mass is 342 g/mol. The van der Waals surface area contributed by atoms with Crippen molar-refractivity contribution < 1.29 is 9.90 Å². The van der Waals surface area contributed by atoms with Gasteiger partial charge in [-0.25, -0.2) is 0 Å². The highest BCUT2D eigenvalue weighted by Crippen LogP contribution is 2.17. The van der Waals surface area contributed by atoms with E-state index < -0.39 is 5.97 Å². The van der Waals surface area contributed by atoms with Crippen LogP contribution in [0.2, 0.25) is 0 Å². The summed E-state index contributed by atoms with van der Waals surface area (Å²) in [6.45, 7) is 16.6. The molecule has 1 aliphatic rings. The zero-order valence-corrected chi connectivity index (χ0v) is 16.4. The Labute approximate surface area is 147 Å². The summed E-state index contributed by atoms with van der Waals surface area (Å²) in [6.07, 6.45) is 1.95. The van der Waals surface area contributed by atoms with Gasteiger partial charge in [0.05, 0.1) is 6.54 Å². The summed E-state index contributed by atoms with van der Waals surface area (Å²) in [6, 6.07) is 0.651. The molecule has 0 amide bonds. The molecule has 1 heterocycles. The number of carboxylic acid groups (broad SMARTS) is 1. The number of rotatable bonds is 2. The molecule has 0 aromatic heterocycles. The van der Waals surface area contributed by atoms with E-state index in [1.54, 1.807) is 0 Å². The third-order valence-electron chi connectivity index (χ3n) is 4.81. The van der Waals surface area contributed by atoms with E-state index in [0.29, 0.717) is 6.04 Å². The van der Waals surface area contributed by atoms with Gasteiger partial charge in [-0.1, -0.05) is 0 Å². The second kappa shape index (κ2) is 9.13. The normalized spacial score (nSPS) is 30.4. The SMILES string of the molecule is C[C@@H]1CC(C)(C)NCCN[C@@H](C)CC(C)(C)NCCN1CC(=O)O. The van der Waals surface area contributed by atoms with Gasteiger partial charge in [-0.15, -0.1) is 0 Å². The summed E-state index contributed by atoms with van der Waals surface area (Å²) < 4.78 is 0. The van der Waals surface area contributed by atoms with Crippen LogP contribution in [0.3, 0.4) is 0 Å². The summed E-state index contributed by atoms with van der Waals surface area (Å²) in [5.74, 6) is -0.759. The standard InChI is InChI=1S/C18H38N4O2/c1-14-11-17(3,4)21-9-10-22(13-16(23)24)15(2)12-18(5,6)20-8-7-19-14/h14-15,19-21H,7-13H2,1-6H3,(H,23,24)/t14-,15+/m0/s1. The van der Waals surface area contributed by atoms with Gasteiger partial charge in [-0.3, -0.25) is 9.69 Å². The molecule has 0 aromatic carbocycles. The maximum atomic E-state index is 11.2. The number of nitrogens with one attached hydrogen (secondary N) is 3. The molecule has 0 radical (unpaired) electrons. The third-order valence-corrected chi connectivity index (χ3v) is 4.81. The van der Waals surface area contributed by atoms with Gasteiger partial charge in [0.15, 0.2) is 0 Å². The van der Waals surface area contributed by atoms with Crippen LogP contribution in [0.5, 0.6) is 0 Å². The van der Waals surface area contributed by atoms with E-state index in [-0.39, 0.29) is 23.7 Å². The van der Waals surface area contributed by atoms with Crippen LogP contribution in [0.15, 0.2) is 0 Å². The van der Waals surface area contributed by atoms with Crippen LogP contribution in [0.4, 0.5) is 0 Å². The van der Waals surface area contributed by atoms with Crippen LogP contribution in [-0.4, -0.2) is 71.9 Å². The summed E-state index contributed by atoms with van der Waals surface area (Å²) in [5.41, 5.74) is 0.0132. The average molecular weight is 343 g/mol. The third kappa shape index (κ3) is 8.42. The molecule has 142 valence electrons. The Morgan fingerprint density at radius 1 is 1.04 bits per heavy atom. The predicted octanol–water partition coefficient (Wildman–Crippen LogP) is 1.27. The Morgan fingerprint density at radius 2 is 1.62 bits per heavy atom. The smallest absolute Gasteiger partial charge is 0.317 e. The molecule has 0 bridgehead atoms. The van der Waals surface area contributed by atoms with Gasteiger partial charge >= 0.3 is 5.97 Å². The van der Waals surface area contributed by atoms with Crippen LogP contribution in [0.1, 0.15) is 54.4 Å². The van der Waals surface area contributed by atoms with Crippen LogP contribution < -0.4 is 16.0 Å². The molecular formula is C18H38N4O2. The minimum absolute atomic E-state index is 0.0160. The van der Waals surface area contributed by atoms with Gasteiger partial charge in [-0.05, 0) is 54.4 Å². The second-order valence-corrected chi connectivity index (χ2v) is 8.60. The minimum atomic E-state index is -0.759. The first-order valence-corrected chi connectivity index (χ1v) is 9.20. The quantitative estimate of drug-likeness (QED) is 0.605. The summed E-state index contributed by atoms with van der Waals surface area (Å²) in [7, 11) is 0. The lowest BCUT2D eigenvalue weighted by Crippen LogP contribution is -2.53. The second-order valence-electron chi connectivity index (χ2n) is 8.60. The summed E-state index contributed by atoms with van der Waals surface area (Å²) >= 11 is 0. The van der Waals surface area contributed by atoms with Crippen molar-refractivity contribution in [2.75, 3.05) is 32.7 Å². The number of aliphatic carboxylic acids is 1. The fourth-order valence-corrected chi connectivity index (χ4v) is 3.74. The molecule has 0 aromatic rings. The molecule has 1 rings (SSSR count). The summed E-state index contributed by atoms with van der Waals surface area (Å²) in [5, 5.41) is 20.0. The zero-order valence-electron chi connectivity index (χ0n) is 16.4. The van der Waals surface area contributed by atoms with Crippen molar-refractivity contribution in [3.63, 3.8) is 0 Å². The Morgan fingerprint density at radius 3 is 2.25 bits per heavy atom. The predicted molar refractivity (Wildman–Crippen MR) is 99.5 cm³/mol. The molecule has 1 saturated heterocycles. The molecule has 2 atom stereocenters. The van der Waals surface area contributed by atoms with Gasteiger partial charge < -0.3 is 21.1 Å². The van der Waals surface area contributed by atoms with Crippen molar-refractivity contribution in [1.29, 1.82) is 0 Å². The fourth-order valence-electron chi connectivity index (χ4n) is 3.74. The Kier molecular flexibility index (Phi) is 8.12. The average Bonchev–Trinajstić information content (AvgIpc) is 2.40. The molecule has 0 saturated carbocycles. The van der Waals surface area contributed by atoms with Gasteiger partial charge in [0, 0.05) is 49.3 Å². The maximum absolute atomic E-state index is 11.2. The maximum Gasteiger partial charge on any atom is 0.317 e. The van der Waals surface area contributed by atoms with E-state index in [0.717, 1.165) is 39.0 Å². The topological polar surface area (TPSA) is 76.6 Å². The van der Waals surface area contributed by atoms with E-state index >= 15 is 0 Å². The number of carboxylic acids is 1. The Balaban J connectivity index is 2.81. The van der Waals surface area contributed by atoms with E-state index in [2.05, 4.69) is 62.4 Å². The fraction of sp³-hybridized carbons (Fsp3) is 0.944. The minimum Gasteiger partial charge on any atom is -0.480 e. The molecule has 24 heavy (non-hydrogen) atoms. The van der Waals surface area contributed by atoms with Crippen molar-refractivity contribution in [2.24, 2.45) is 0 Å². The Bertz CT molecular complexity index is 398. The van der Waals surface area contributed by atoms with E-state index in [4.69, 9.17) is 0 Å². The number of carbonyl (C=O) groups is 1. The summed E-state index contributed by atoms with van der Waals surface area (Å²) in [4.78, 5) is 13.3. The lowest BCUT2D eigenvalue weighted by atomic mass is 9.94. The number of hydrogen-bond acceptors (Lipinski definition) is 5. The molecule has 0 spiro atoms. The first-order chi connectivity index (χ1) is 11.0. The largest absolute Gasteiger partial charge is 0.480 e. The van der Waals surface area contributed by atoms with Crippen molar-refractivity contribution in [1.82, 2.24) is 20.9 Å². The number of hydrogen-bond donors (Lipinski definition) is 4. The van der Waals surface area contributed by atoms with Crippen molar-refractivity contribution in [2.45, 2.75) is 77.5 Å². The first-order valence-electron chi connectivity index (χ1n) is 9.20. The highest BCUT2D eigenvalue weighted by molar-refractivity contribution is 5.69. The van der Waals surface area contributed by atoms with E-state index in [9.17, 15) is 9.90 Å². The van der Waals surface area contributed by atoms with E-state index in [1.807, 2.05) is 0 Å². The molecule has 0 unspecified atom stereocenters. The molecule has 1 fully saturated rings. The lowest BCUT2D eigenvalue weighted by molar-refractivity contribution is -0.139. The molecule has 1 aliphatic heterocycles. The van der Waals surface area contributed by atoms with Gasteiger partial charge in [-0.2, -0.15) is 0 Å². The molecular weight excluding hydrogens is 304 g/mol. The van der Waals surface area contributed by atoms with Gasteiger partial charge in [0.25, 0.3) is 0 Å². The van der Waals surface area contributed by atoms with Gasteiger partial charge in [0.2, 0.25) is 0 Å². The zero-order chi connectivity index (χ0) is 18.4. The van der Waals surface area contributed by atoms with E-state index in [1.165, 1.54) is 0 Å². The Hall–Kier alpha value is -0.690. The van der Waals surface area contributed by atoms with Crippen molar-refractivity contribution in [3.8, 4) is 0 Å². The van der Waals surface area contributed by atoms with Crippen LogP contribution in [0.25, 0.3) is 0 Å². The van der Waals surface area contributed by atoms with Gasteiger partial charge in [0.1, 0.15) is 0 Å². The lowest BCUT2D eigenvalue weighted by Gasteiger charge is -2.37. The first kappa shape index (κ1) is 21.4.